The van der Waals surface area contributed by atoms with Crippen molar-refractivity contribution in [2.45, 2.75) is 23.8 Å². The highest BCUT2D eigenvalue weighted by molar-refractivity contribution is 7.92. The van der Waals surface area contributed by atoms with Gasteiger partial charge >= 0.3 is 5.69 Å². The molecule has 0 amide bonds. The van der Waals surface area contributed by atoms with Gasteiger partial charge < -0.3 is 5.32 Å². The van der Waals surface area contributed by atoms with E-state index >= 15 is 0 Å². The minimum Gasteiger partial charge on any atom is -0.352 e. The van der Waals surface area contributed by atoms with Crippen LogP contribution in [0.3, 0.4) is 0 Å². The number of hydrogen-bond donors (Lipinski definition) is 2. The van der Waals surface area contributed by atoms with Crippen LogP contribution in [0, 0.1) is 5.82 Å². The fourth-order valence-electron chi connectivity index (χ4n) is 4.94. The largest absolute Gasteiger partial charge is 0.352 e. The summed E-state index contributed by atoms with van der Waals surface area (Å²) in [6.07, 6.45) is 1.25. The van der Waals surface area contributed by atoms with Crippen molar-refractivity contribution >= 4 is 51.4 Å². The first-order valence-electron chi connectivity index (χ1n) is 13.2. The smallest absolute Gasteiger partial charge is 0.337 e. The SMILES string of the molecule is Bc1ccc(Nc2cc(=O)n(C)c3c2c(=O)n(C2CC2)c(=O)n3-c2cccc(NS(=O)(=O)c3ccccc3)c2)c(F)c1. The van der Waals surface area contributed by atoms with Crippen molar-refractivity contribution in [3.63, 3.8) is 0 Å². The fourth-order valence-corrected chi connectivity index (χ4v) is 6.01. The summed E-state index contributed by atoms with van der Waals surface area (Å²) in [7, 11) is -0.772. The van der Waals surface area contributed by atoms with Gasteiger partial charge in [-0.05, 0) is 55.3 Å². The molecule has 0 bridgehead atoms. The first kappa shape index (κ1) is 27.3. The van der Waals surface area contributed by atoms with Crippen LogP contribution in [0.2, 0.25) is 0 Å². The van der Waals surface area contributed by atoms with Gasteiger partial charge in [0.25, 0.3) is 21.1 Å². The van der Waals surface area contributed by atoms with E-state index in [1.165, 1.54) is 58.6 Å². The number of nitrogens with zero attached hydrogens (tertiary/aromatic N) is 3. The first-order chi connectivity index (χ1) is 20.0. The van der Waals surface area contributed by atoms with Crippen molar-refractivity contribution in [2.75, 3.05) is 10.0 Å². The van der Waals surface area contributed by atoms with E-state index in [1.807, 2.05) is 0 Å². The van der Waals surface area contributed by atoms with E-state index < -0.39 is 32.6 Å². The number of hydrogen-bond acceptors (Lipinski definition) is 6. The summed E-state index contributed by atoms with van der Waals surface area (Å²) in [5.74, 6) is -0.571. The minimum atomic E-state index is -3.94. The zero-order chi connectivity index (χ0) is 29.8. The molecule has 2 aromatic heterocycles. The monoisotopic (exact) mass is 585 g/mol. The van der Waals surface area contributed by atoms with E-state index in [1.54, 1.807) is 44.2 Å². The number of benzene rings is 3. The molecule has 6 rings (SSSR count). The summed E-state index contributed by atoms with van der Waals surface area (Å²) >= 11 is 0. The van der Waals surface area contributed by atoms with E-state index in [2.05, 4.69) is 10.0 Å². The minimum absolute atomic E-state index is 0.0128. The Morgan fingerprint density at radius 2 is 1.64 bits per heavy atom. The quantitative estimate of drug-likeness (QED) is 0.282. The molecule has 1 saturated carbocycles. The predicted molar refractivity (Wildman–Crippen MR) is 162 cm³/mol. The molecule has 0 radical (unpaired) electrons. The molecule has 2 heterocycles. The molecule has 0 unspecified atom stereocenters. The number of nitrogens with one attached hydrogen (secondary N) is 2. The normalized spacial score (nSPS) is 13.3. The number of aryl methyl sites for hydroxylation is 1. The van der Waals surface area contributed by atoms with Crippen LogP contribution in [0.4, 0.5) is 21.5 Å². The van der Waals surface area contributed by atoms with Gasteiger partial charge in [0.15, 0.2) is 0 Å². The highest BCUT2D eigenvalue weighted by Gasteiger charge is 2.31. The fraction of sp³-hybridized carbons (Fsp3) is 0.138. The highest BCUT2D eigenvalue weighted by atomic mass is 32.2. The van der Waals surface area contributed by atoms with Crippen LogP contribution in [-0.2, 0) is 17.1 Å². The summed E-state index contributed by atoms with van der Waals surface area (Å²) in [4.78, 5) is 41.0. The second kappa shape index (κ2) is 10.2. The Hall–Kier alpha value is -4.91. The average Bonchev–Trinajstić information content (AvgIpc) is 3.78. The molecule has 212 valence electrons. The summed E-state index contributed by atoms with van der Waals surface area (Å²) in [5, 5.41) is 2.90. The van der Waals surface area contributed by atoms with Gasteiger partial charge in [-0.25, -0.2) is 22.2 Å². The molecular weight excluding hydrogens is 560 g/mol. The van der Waals surface area contributed by atoms with Crippen molar-refractivity contribution in [2.24, 2.45) is 7.05 Å². The van der Waals surface area contributed by atoms with E-state index in [9.17, 15) is 27.2 Å². The van der Waals surface area contributed by atoms with Gasteiger partial charge in [-0.1, -0.05) is 35.8 Å². The lowest BCUT2D eigenvalue weighted by Crippen LogP contribution is -2.41. The lowest BCUT2D eigenvalue weighted by molar-refractivity contribution is 0.601. The number of aromatic nitrogens is 3. The van der Waals surface area contributed by atoms with Crippen molar-refractivity contribution in [1.29, 1.82) is 0 Å². The van der Waals surface area contributed by atoms with Gasteiger partial charge in [0.2, 0.25) is 0 Å². The van der Waals surface area contributed by atoms with Gasteiger partial charge in [0.05, 0.1) is 27.6 Å². The van der Waals surface area contributed by atoms with E-state index in [-0.39, 0.29) is 44.7 Å². The summed E-state index contributed by atoms with van der Waals surface area (Å²) in [5.41, 5.74) is -0.662. The van der Waals surface area contributed by atoms with Crippen molar-refractivity contribution < 1.29 is 12.8 Å². The molecule has 10 nitrogen and oxygen atoms in total. The van der Waals surface area contributed by atoms with Gasteiger partial charge in [0.1, 0.15) is 24.7 Å². The number of rotatable bonds is 7. The Kier molecular flexibility index (Phi) is 6.61. The molecule has 1 aliphatic rings. The zero-order valence-electron chi connectivity index (χ0n) is 22.7. The van der Waals surface area contributed by atoms with Crippen molar-refractivity contribution in [3.05, 3.63) is 116 Å². The van der Waals surface area contributed by atoms with Crippen LogP contribution in [0.1, 0.15) is 18.9 Å². The number of pyridine rings is 1. The summed E-state index contributed by atoms with van der Waals surface area (Å²) in [6.45, 7) is 0. The molecular formula is C29H25BFN5O5S. The molecule has 42 heavy (non-hydrogen) atoms. The maximum absolute atomic E-state index is 14.8. The number of halogens is 1. The molecule has 0 atom stereocenters. The number of fused-ring (bicyclic) bond motifs is 1. The van der Waals surface area contributed by atoms with Crippen molar-refractivity contribution in [1.82, 2.24) is 13.7 Å². The Labute approximate surface area is 240 Å². The molecule has 0 spiro atoms. The standard InChI is InChI=1S/C29H25BFN5O5S/c1-34-25(37)16-24(32-23-13-10-17(30)14-22(23)31)26-27(34)35(29(39)36(28(26)38)19-11-12-19)20-7-5-6-18(15-20)33-42(40,41)21-8-3-2-4-9-21/h2-10,13-16,19,32-33H,11-12,30H2,1H3. The van der Waals surface area contributed by atoms with E-state index in [0.29, 0.717) is 18.3 Å². The third kappa shape index (κ3) is 4.81. The van der Waals surface area contributed by atoms with Crippen molar-refractivity contribution in [3.8, 4) is 5.69 Å². The number of anilines is 3. The lowest BCUT2D eigenvalue weighted by Gasteiger charge is -2.19. The topological polar surface area (TPSA) is 124 Å². The van der Waals surface area contributed by atoms with Crippen LogP contribution in [0.15, 0.2) is 98.1 Å². The zero-order valence-corrected chi connectivity index (χ0v) is 23.5. The van der Waals surface area contributed by atoms with Gasteiger partial charge in [0, 0.05) is 19.2 Å². The van der Waals surface area contributed by atoms with Crippen LogP contribution < -0.4 is 32.3 Å². The third-order valence-corrected chi connectivity index (χ3v) is 8.56. The van der Waals surface area contributed by atoms with Crippen LogP contribution in [0.5, 0.6) is 0 Å². The Balaban J connectivity index is 1.59. The Morgan fingerprint density at radius 1 is 0.905 bits per heavy atom. The highest BCUT2D eigenvalue weighted by Crippen LogP contribution is 2.34. The second-order valence-electron chi connectivity index (χ2n) is 10.3. The van der Waals surface area contributed by atoms with Gasteiger partial charge in [-0.3, -0.25) is 23.4 Å². The van der Waals surface area contributed by atoms with E-state index in [4.69, 9.17) is 0 Å². The van der Waals surface area contributed by atoms with Crippen LogP contribution >= 0.6 is 0 Å². The van der Waals surface area contributed by atoms with Crippen LogP contribution in [0.25, 0.3) is 16.7 Å². The molecule has 0 saturated heterocycles. The molecule has 1 aliphatic carbocycles. The maximum Gasteiger partial charge on any atom is 0.337 e. The lowest BCUT2D eigenvalue weighted by atomic mass is 9.96. The van der Waals surface area contributed by atoms with Crippen LogP contribution in [-0.4, -0.2) is 30.0 Å². The summed E-state index contributed by atoms with van der Waals surface area (Å²) in [6, 6.07) is 19.3. The molecule has 3 aromatic carbocycles. The average molecular weight is 585 g/mol. The molecule has 13 heteroatoms. The van der Waals surface area contributed by atoms with E-state index in [0.717, 1.165) is 4.57 Å². The predicted octanol–water partition coefficient (Wildman–Crippen LogP) is 2.13. The first-order valence-corrected chi connectivity index (χ1v) is 14.7. The molecule has 1 fully saturated rings. The second-order valence-corrected chi connectivity index (χ2v) is 11.9. The Morgan fingerprint density at radius 3 is 2.33 bits per heavy atom. The number of sulfonamides is 1. The Bertz CT molecular complexity index is 2170. The third-order valence-electron chi connectivity index (χ3n) is 7.17. The molecule has 5 aromatic rings. The van der Waals surface area contributed by atoms with Gasteiger partial charge in [-0.2, -0.15) is 0 Å². The maximum atomic E-state index is 14.8. The summed E-state index contributed by atoms with van der Waals surface area (Å²) < 4.78 is 46.8. The molecule has 2 N–H and O–H groups in total. The van der Waals surface area contributed by atoms with Gasteiger partial charge in [-0.15, -0.1) is 0 Å². The molecule has 0 aliphatic heterocycles.